The van der Waals surface area contributed by atoms with Gasteiger partial charge >= 0.3 is 0 Å². The topological polar surface area (TPSA) is 58.4 Å². The molecule has 0 saturated carbocycles. The number of hydrogen-bond donors (Lipinski definition) is 0. The number of carbonyl (C=O) groups is 1. The lowest BCUT2D eigenvalue weighted by Crippen LogP contribution is -2.48. The molecule has 1 saturated heterocycles. The van der Waals surface area contributed by atoms with E-state index in [2.05, 4.69) is 9.88 Å². The molecule has 0 unspecified atom stereocenters. The maximum absolute atomic E-state index is 12.7. The zero-order chi connectivity index (χ0) is 20.4. The first-order chi connectivity index (χ1) is 14.0. The van der Waals surface area contributed by atoms with Gasteiger partial charge in [-0.05, 0) is 30.3 Å². The lowest BCUT2D eigenvalue weighted by molar-refractivity contribution is -0.131. The van der Waals surface area contributed by atoms with Crippen LogP contribution in [0.1, 0.15) is 12.2 Å². The number of nitrogens with zero attached hydrogens (tertiary/aromatic N) is 4. The summed E-state index contributed by atoms with van der Waals surface area (Å²) >= 11 is 6.08. The van der Waals surface area contributed by atoms with Crippen molar-refractivity contribution in [1.82, 2.24) is 14.5 Å². The number of carbonyl (C=O) groups excluding carboxylic acids is 1. The van der Waals surface area contributed by atoms with E-state index in [-0.39, 0.29) is 11.5 Å². The zero-order valence-corrected chi connectivity index (χ0v) is 17.1. The summed E-state index contributed by atoms with van der Waals surface area (Å²) in [6, 6.07) is 15.1. The summed E-state index contributed by atoms with van der Waals surface area (Å²) in [4.78, 5) is 33.9. The van der Waals surface area contributed by atoms with Crippen LogP contribution in [0.15, 0.2) is 53.3 Å². The first-order valence-corrected chi connectivity index (χ1v) is 10.1. The highest BCUT2D eigenvalue weighted by molar-refractivity contribution is 6.30. The first-order valence-electron chi connectivity index (χ1n) is 9.76. The van der Waals surface area contributed by atoms with Crippen LogP contribution in [-0.2, 0) is 18.3 Å². The molecule has 0 spiro atoms. The fourth-order valence-electron chi connectivity index (χ4n) is 3.75. The molecule has 1 amide bonds. The molecular weight excluding hydrogens is 388 g/mol. The summed E-state index contributed by atoms with van der Waals surface area (Å²) in [5.41, 5.74) is 1.68. The summed E-state index contributed by atoms with van der Waals surface area (Å²) in [6.07, 6.45) is 0.791. The Kier molecular flexibility index (Phi) is 5.53. The molecule has 0 atom stereocenters. The molecule has 0 aliphatic carbocycles. The van der Waals surface area contributed by atoms with Crippen LogP contribution in [0, 0.1) is 0 Å². The summed E-state index contributed by atoms with van der Waals surface area (Å²) < 4.78 is 1.55. The molecule has 1 aliphatic rings. The minimum Gasteiger partial charge on any atom is -0.368 e. The van der Waals surface area contributed by atoms with Crippen molar-refractivity contribution in [2.75, 3.05) is 31.1 Å². The van der Waals surface area contributed by atoms with Gasteiger partial charge in [0.1, 0.15) is 5.82 Å². The van der Waals surface area contributed by atoms with Crippen molar-refractivity contribution in [3.63, 3.8) is 0 Å². The van der Waals surface area contributed by atoms with E-state index in [1.165, 1.54) is 0 Å². The van der Waals surface area contributed by atoms with Crippen LogP contribution in [0.5, 0.6) is 0 Å². The predicted molar refractivity (Wildman–Crippen MR) is 116 cm³/mol. The summed E-state index contributed by atoms with van der Waals surface area (Å²) in [7, 11) is 1.71. The van der Waals surface area contributed by atoms with Crippen LogP contribution in [0.4, 0.5) is 5.69 Å². The van der Waals surface area contributed by atoms with Crippen molar-refractivity contribution in [2.24, 2.45) is 7.05 Å². The second kappa shape index (κ2) is 8.25. The molecule has 1 fully saturated rings. The van der Waals surface area contributed by atoms with Gasteiger partial charge in [0.25, 0.3) is 5.56 Å². The lowest BCUT2D eigenvalue weighted by atomic mass is 10.2. The van der Waals surface area contributed by atoms with Crippen molar-refractivity contribution in [1.29, 1.82) is 0 Å². The van der Waals surface area contributed by atoms with Crippen molar-refractivity contribution in [3.05, 3.63) is 69.7 Å². The highest BCUT2D eigenvalue weighted by atomic mass is 35.5. The van der Waals surface area contributed by atoms with Gasteiger partial charge in [0.05, 0.1) is 10.9 Å². The van der Waals surface area contributed by atoms with Crippen LogP contribution in [0.2, 0.25) is 5.02 Å². The smallest absolute Gasteiger partial charge is 0.261 e. The van der Waals surface area contributed by atoms with Crippen LogP contribution in [-0.4, -0.2) is 46.5 Å². The molecule has 0 radical (unpaired) electrons. The highest BCUT2D eigenvalue weighted by Gasteiger charge is 2.21. The number of aromatic nitrogens is 2. The number of benzene rings is 2. The number of anilines is 1. The van der Waals surface area contributed by atoms with E-state index in [9.17, 15) is 9.59 Å². The maximum atomic E-state index is 12.7. The SMILES string of the molecule is Cn1c(CCC(=O)N2CCN(c3cccc(Cl)c3)CC2)nc2ccccc2c1=O. The number of halogens is 1. The minimum absolute atomic E-state index is 0.0758. The largest absolute Gasteiger partial charge is 0.368 e. The number of rotatable bonds is 4. The molecule has 0 N–H and O–H groups in total. The minimum atomic E-state index is -0.0758. The number of hydrogen-bond acceptors (Lipinski definition) is 4. The van der Waals surface area contributed by atoms with Crippen molar-refractivity contribution in [3.8, 4) is 0 Å². The zero-order valence-electron chi connectivity index (χ0n) is 16.3. The average Bonchev–Trinajstić information content (AvgIpc) is 2.75. The van der Waals surface area contributed by atoms with Crippen LogP contribution in [0.3, 0.4) is 0 Å². The Morgan fingerprint density at radius 1 is 1.07 bits per heavy atom. The average molecular weight is 411 g/mol. The van der Waals surface area contributed by atoms with E-state index in [0.29, 0.717) is 42.7 Å². The third-order valence-electron chi connectivity index (χ3n) is 5.44. The van der Waals surface area contributed by atoms with Gasteiger partial charge in [-0.1, -0.05) is 29.8 Å². The molecular formula is C22H23ClN4O2. The molecule has 150 valence electrons. The van der Waals surface area contributed by atoms with Crippen molar-refractivity contribution < 1.29 is 4.79 Å². The van der Waals surface area contributed by atoms with Gasteiger partial charge in [-0.2, -0.15) is 0 Å². The van der Waals surface area contributed by atoms with Gasteiger partial charge in [-0.25, -0.2) is 4.98 Å². The Bertz CT molecular complexity index is 1100. The monoisotopic (exact) mass is 410 g/mol. The second-order valence-corrected chi connectivity index (χ2v) is 7.69. The summed E-state index contributed by atoms with van der Waals surface area (Å²) in [5, 5.41) is 1.32. The quantitative estimate of drug-likeness (QED) is 0.663. The van der Waals surface area contributed by atoms with Crippen molar-refractivity contribution >= 4 is 34.1 Å². The van der Waals surface area contributed by atoms with E-state index in [4.69, 9.17) is 11.6 Å². The normalized spacial score (nSPS) is 14.4. The van der Waals surface area contributed by atoms with E-state index in [1.807, 2.05) is 47.4 Å². The molecule has 0 bridgehead atoms. The van der Waals surface area contributed by atoms with Gasteiger partial charge < -0.3 is 9.80 Å². The first kappa shape index (κ1) is 19.5. The van der Waals surface area contributed by atoms with E-state index in [0.717, 1.165) is 23.8 Å². The van der Waals surface area contributed by atoms with Gasteiger partial charge in [0.15, 0.2) is 0 Å². The third-order valence-corrected chi connectivity index (χ3v) is 5.68. The lowest BCUT2D eigenvalue weighted by Gasteiger charge is -2.36. The highest BCUT2D eigenvalue weighted by Crippen LogP contribution is 2.21. The Balaban J connectivity index is 1.38. The summed E-state index contributed by atoms with van der Waals surface area (Å²) in [5.74, 6) is 0.734. The number of fused-ring (bicyclic) bond motifs is 1. The number of para-hydroxylation sites is 1. The number of amides is 1. The van der Waals surface area contributed by atoms with Crippen LogP contribution >= 0.6 is 11.6 Å². The molecule has 2 aromatic carbocycles. The van der Waals surface area contributed by atoms with Crippen molar-refractivity contribution in [2.45, 2.75) is 12.8 Å². The molecule has 2 heterocycles. The van der Waals surface area contributed by atoms with Gasteiger partial charge in [-0.15, -0.1) is 0 Å². The van der Waals surface area contributed by atoms with Gasteiger partial charge in [0, 0.05) is 56.8 Å². The van der Waals surface area contributed by atoms with E-state index in [1.54, 1.807) is 17.7 Å². The van der Waals surface area contributed by atoms with E-state index >= 15 is 0 Å². The number of aryl methyl sites for hydroxylation is 1. The molecule has 1 aliphatic heterocycles. The van der Waals surface area contributed by atoms with Crippen LogP contribution < -0.4 is 10.5 Å². The molecule has 29 heavy (non-hydrogen) atoms. The Labute approximate surface area is 174 Å². The number of piperazine rings is 1. The molecule has 3 aromatic rings. The van der Waals surface area contributed by atoms with E-state index < -0.39 is 0 Å². The molecule has 7 heteroatoms. The molecule has 4 rings (SSSR count). The maximum Gasteiger partial charge on any atom is 0.261 e. The Morgan fingerprint density at radius 2 is 1.83 bits per heavy atom. The molecule has 6 nitrogen and oxygen atoms in total. The summed E-state index contributed by atoms with van der Waals surface area (Å²) in [6.45, 7) is 2.91. The third kappa shape index (κ3) is 4.12. The Morgan fingerprint density at radius 3 is 2.59 bits per heavy atom. The van der Waals surface area contributed by atoms with Gasteiger partial charge in [-0.3, -0.25) is 14.2 Å². The van der Waals surface area contributed by atoms with Gasteiger partial charge in [0.2, 0.25) is 5.91 Å². The second-order valence-electron chi connectivity index (χ2n) is 7.26. The Hall–Kier alpha value is -2.86. The molecule has 1 aromatic heterocycles. The fourth-order valence-corrected chi connectivity index (χ4v) is 3.94. The fraction of sp³-hybridized carbons (Fsp3) is 0.318. The predicted octanol–water partition coefficient (Wildman–Crippen LogP) is 2.87. The standard InChI is InChI=1S/C22H23ClN4O2/c1-25-20(24-19-8-3-2-7-18(19)22(25)29)9-10-21(28)27-13-11-26(12-14-27)17-6-4-5-16(23)15-17/h2-8,15H,9-14H2,1H3. The van der Waals surface area contributed by atoms with Crippen LogP contribution in [0.25, 0.3) is 10.9 Å².